The molecule has 0 aliphatic heterocycles. The van der Waals surface area contributed by atoms with Gasteiger partial charge in [-0.25, -0.2) is 4.39 Å². The highest BCUT2D eigenvalue weighted by Crippen LogP contribution is 2.23. The van der Waals surface area contributed by atoms with Gasteiger partial charge in [-0.15, -0.1) is 0 Å². The van der Waals surface area contributed by atoms with Gasteiger partial charge >= 0.3 is 0 Å². The maximum absolute atomic E-state index is 14.5. The molecule has 0 saturated heterocycles. The Labute approximate surface area is 191 Å². The zero-order valence-electron chi connectivity index (χ0n) is 18.8. The second-order valence-corrected chi connectivity index (χ2v) is 8.05. The van der Waals surface area contributed by atoms with E-state index in [4.69, 9.17) is 4.74 Å². The van der Waals surface area contributed by atoms with Crippen LogP contribution in [0.5, 0.6) is 5.75 Å². The van der Waals surface area contributed by atoms with E-state index in [2.05, 4.69) is 4.98 Å². The van der Waals surface area contributed by atoms with E-state index in [1.54, 1.807) is 25.3 Å². The first-order valence-corrected chi connectivity index (χ1v) is 10.7. The summed E-state index contributed by atoms with van der Waals surface area (Å²) in [5.41, 5.74) is 3.72. The number of amides is 1. The number of pyridine rings is 1. The van der Waals surface area contributed by atoms with E-state index >= 15 is 0 Å². The number of carbonyl (C=O) groups is 1. The molecule has 0 fully saturated rings. The van der Waals surface area contributed by atoms with Crippen LogP contribution >= 0.6 is 0 Å². The zero-order chi connectivity index (χ0) is 23.5. The molecule has 1 aromatic heterocycles. The van der Waals surface area contributed by atoms with Gasteiger partial charge in [-0.3, -0.25) is 9.59 Å². The van der Waals surface area contributed by atoms with Gasteiger partial charge in [-0.1, -0.05) is 42.5 Å². The van der Waals surface area contributed by atoms with Crippen LogP contribution in [0.3, 0.4) is 0 Å². The van der Waals surface area contributed by atoms with Gasteiger partial charge in [0, 0.05) is 17.7 Å². The lowest BCUT2D eigenvalue weighted by molar-refractivity contribution is 0.0723. The molecule has 0 aliphatic carbocycles. The maximum Gasteiger partial charge on any atom is 0.257 e. The number of ether oxygens (including phenoxy) is 1. The molecule has 4 rings (SSSR count). The summed E-state index contributed by atoms with van der Waals surface area (Å²) in [6.07, 6.45) is 0. The van der Waals surface area contributed by atoms with E-state index in [1.165, 1.54) is 23.1 Å². The number of nitrogens with zero attached hydrogens (tertiary/aromatic N) is 1. The minimum Gasteiger partial charge on any atom is -0.496 e. The lowest BCUT2D eigenvalue weighted by atomic mass is 10.0. The predicted octanol–water partition coefficient (Wildman–Crippen LogP) is 5.14. The molecule has 0 bridgehead atoms. The number of halogens is 1. The monoisotopic (exact) mass is 444 g/mol. The van der Waals surface area contributed by atoms with Crippen LogP contribution in [0, 0.1) is 19.7 Å². The number of hydrogen-bond donors (Lipinski definition) is 1. The van der Waals surface area contributed by atoms with Gasteiger partial charge in [0.05, 0.1) is 24.7 Å². The predicted molar refractivity (Wildman–Crippen MR) is 127 cm³/mol. The van der Waals surface area contributed by atoms with Gasteiger partial charge in [0.25, 0.3) is 11.5 Å². The van der Waals surface area contributed by atoms with Crippen molar-refractivity contribution >= 4 is 16.8 Å². The fourth-order valence-corrected chi connectivity index (χ4v) is 3.94. The number of fused-ring (bicyclic) bond motifs is 1. The first-order valence-electron chi connectivity index (χ1n) is 10.7. The number of aromatic nitrogens is 1. The third-order valence-corrected chi connectivity index (χ3v) is 5.93. The van der Waals surface area contributed by atoms with Crippen molar-refractivity contribution in [3.63, 3.8) is 0 Å². The van der Waals surface area contributed by atoms with E-state index in [1.807, 2.05) is 44.2 Å². The Bertz CT molecular complexity index is 1390. The molecule has 5 nitrogen and oxygen atoms in total. The van der Waals surface area contributed by atoms with Crippen molar-refractivity contribution in [3.05, 3.63) is 111 Å². The molecule has 0 radical (unpaired) electrons. The molecule has 0 atom stereocenters. The summed E-state index contributed by atoms with van der Waals surface area (Å²) >= 11 is 0. The van der Waals surface area contributed by atoms with Crippen molar-refractivity contribution in [1.29, 1.82) is 0 Å². The summed E-state index contributed by atoms with van der Waals surface area (Å²) in [4.78, 5) is 30.7. The van der Waals surface area contributed by atoms with Crippen LogP contribution in [-0.2, 0) is 13.1 Å². The summed E-state index contributed by atoms with van der Waals surface area (Å²) in [6.45, 7) is 4.12. The minimum absolute atomic E-state index is 0.0173. The van der Waals surface area contributed by atoms with Gasteiger partial charge in [-0.2, -0.15) is 0 Å². The standard InChI is InChI=1S/C27H25FN2O3/c1-17-12-13-19-14-21(26(31)29-25(19)18(17)2)16-30(15-20-8-4-7-11-24(20)33-3)27(32)22-9-5-6-10-23(22)28/h4-14H,15-16H2,1-3H3,(H,29,31). The molecule has 0 unspecified atom stereocenters. The third-order valence-electron chi connectivity index (χ3n) is 5.93. The number of aromatic amines is 1. The second kappa shape index (κ2) is 9.28. The number of rotatable bonds is 6. The van der Waals surface area contributed by atoms with E-state index in [-0.39, 0.29) is 24.2 Å². The third kappa shape index (κ3) is 4.51. The number of H-pyrrole nitrogens is 1. The Morgan fingerprint density at radius 3 is 2.42 bits per heavy atom. The second-order valence-electron chi connectivity index (χ2n) is 8.05. The SMILES string of the molecule is COc1ccccc1CN(Cc1cc2ccc(C)c(C)c2[nH]c1=O)C(=O)c1ccccc1F. The van der Waals surface area contributed by atoms with Crippen molar-refractivity contribution in [2.24, 2.45) is 0 Å². The Kier molecular flexibility index (Phi) is 6.27. The topological polar surface area (TPSA) is 62.4 Å². The number of carbonyl (C=O) groups excluding carboxylic acids is 1. The van der Waals surface area contributed by atoms with E-state index in [0.29, 0.717) is 11.3 Å². The summed E-state index contributed by atoms with van der Waals surface area (Å²) in [5.74, 6) is -0.494. The van der Waals surface area contributed by atoms with Crippen LogP contribution in [-0.4, -0.2) is 22.9 Å². The molecule has 168 valence electrons. The molecule has 1 N–H and O–H groups in total. The fourth-order valence-electron chi connectivity index (χ4n) is 3.94. The number of benzene rings is 3. The van der Waals surface area contributed by atoms with Gasteiger partial charge in [0.15, 0.2) is 0 Å². The van der Waals surface area contributed by atoms with E-state index < -0.39 is 11.7 Å². The number of para-hydroxylation sites is 1. The van der Waals surface area contributed by atoms with Crippen molar-refractivity contribution in [2.75, 3.05) is 7.11 Å². The van der Waals surface area contributed by atoms with E-state index in [9.17, 15) is 14.0 Å². The summed E-state index contributed by atoms with van der Waals surface area (Å²) in [6, 6.07) is 18.9. The molecule has 0 spiro atoms. The average Bonchev–Trinajstić information content (AvgIpc) is 2.82. The summed E-state index contributed by atoms with van der Waals surface area (Å²) in [7, 11) is 1.56. The number of nitrogens with one attached hydrogen (secondary N) is 1. The molecular formula is C27H25FN2O3. The Balaban J connectivity index is 1.77. The van der Waals surface area contributed by atoms with Crippen molar-refractivity contribution in [2.45, 2.75) is 26.9 Å². The van der Waals surface area contributed by atoms with Crippen molar-refractivity contribution in [1.82, 2.24) is 9.88 Å². The highest BCUT2D eigenvalue weighted by atomic mass is 19.1. The van der Waals surface area contributed by atoms with Gasteiger partial charge in [-0.05, 0) is 54.6 Å². The molecule has 6 heteroatoms. The Morgan fingerprint density at radius 1 is 0.970 bits per heavy atom. The van der Waals surface area contributed by atoms with Crippen LogP contribution in [0.25, 0.3) is 10.9 Å². The summed E-state index contributed by atoms with van der Waals surface area (Å²) < 4.78 is 19.9. The molecule has 1 amide bonds. The largest absolute Gasteiger partial charge is 0.496 e. The molecule has 1 heterocycles. The number of hydrogen-bond acceptors (Lipinski definition) is 3. The van der Waals surface area contributed by atoms with Crippen LogP contribution in [0.1, 0.15) is 32.6 Å². The lowest BCUT2D eigenvalue weighted by Crippen LogP contribution is -2.33. The maximum atomic E-state index is 14.5. The molecule has 0 aliphatic rings. The van der Waals surface area contributed by atoms with Crippen LogP contribution in [0.15, 0.2) is 71.5 Å². The fraction of sp³-hybridized carbons (Fsp3) is 0.185. The highest BCUT2D eigenvalue weighted by molar-refractivity contribution is 5.94. The van der Waals surface area contributed by atoms with Gasteiger partial charge in [0.2, 0.25) is 0 Å². The normalized spacial score (nSPS) is 10.9. The highest BCUT2D eigenvalue weighted by Gasteiger charge is 2.22. The Hall–Kier alpha value is -3.93. The van der Waals surface area contributed by atoms with Crippen molar-refractivity contribution in [3.8, 4) is 5.75 Å². The average molecular weight is 445 g/mol. The van der Waals surface area contributed by atoms with Crippen LogP contribution < -0.4 is 10.3 Å². The zero-order valence-corrected chi connectivity index (χ0v) is 18.8. The van der Waals surface area contributed by atoms with Crippen molar-refractivity contribution < 1.29 is 13.9 Å². The minimum atomic E-state index is -0.606. The smallest absolute Gasteiger partial charge is 0.257 e. The molecule has 3 aromatic carbocycles. The quantitative estimate of drug-likeness (QED) is 0.448. The number of methoxy groups -OCH3 is 1. The summed E-state index contributed by atoms with van der Waals surface area (Å²) in [5, 5.41) is 0.878. The number of aryl methyl sites for hydroxylation is 2. The van der Waals surface area contributed by atoms with Crippen LogP contribution in [0.2, 0.25) is 0 Å². The molecule has 33 heavy (non-hydrogen) atoms. The molecule has 0 saturated carbocycles. The first-order chi connectivity index (χ1) is 15.9. The Morgan fingerprint density at radius 2 is 1.67 bits per heavy atom. The molecule has 4 aromatic rings. The van der Waals surface area contributed by atoms with Gasteiger partial charge < -0.3 is 14.6 Å². The first kappa shape index (κ1) is 22.3. The molecular weight excluding hydrogens is 419 g/mol. The van der Waals surface area contributed by atoms with Gasteiger partial charge in [0.1, 0.15) is 11.6 Å². The van der Waals surface area contributed by atoms with Crippen LogP contribution in [0.4, 0.5) is 4.39 Å². The van der Waals surface area contributed by atoms with E-state index in [0.717, 1.165) is 27.6 Å². The lowest BCUT2D eigenvalue weighted by Gasteiger charge is -2.24.